The lowest BCUT2D eigenvalue weighted by Crippen LogP contribution is -2.63. The van der Waals surface area contributed by atoms with Crippen molar-refractivity contribution >= 4 is 17.6 Å². The summed E-state index contributed by atoms with van der Waals surface area (Å²) in [5.41, 5.74) is -1.10. The van der Waals surface area contributed by atoms with Crippen LogP contribution in [-0.2, 0) is 9.53 Å². The molecule has 0 spiro atoms. The summed E-state index contributed by atoms with van der Waals surface area (Å²) in [4.78, 5) is 10.9. The molecule has 14 heavy (non-hydrogen) atoms. The number of rotatable bonds is 1. The molecule has 2 rings (SSSR count). The Balaban J connectivity index is 2.23. The van der Waals surface area contributed by atoms with Crippen molar-refractivity contribution in [3.63, 3.8) is 0 Å². The lowest BCUT2D eigenvalue weighted by molar-refractivity contribution is -0.170. The molecule has 0 N–H and O–H groups in total. The summed E-state index contributed by atoms with van der Waals surface area (Å²) >= 11 is 6.07. The standard InChI is InChI=1S/C10H10ClNO2/c1-6(13)14-10(5-12)8-4-2-3-7(8)9(10)11/h2-3,7-9H,4H2,1H3/t7-,8+,9+,10+/m1/s1. The van der Waals surface area contributed by atoms with Gasteiger partial charge in [-0.15, -0.1) is 11.6 Å². The minimum Gasteiger partial charge on any atom is -0.442 e. The van der Waals surface area contributed by atoms with E-state index in [1.165, 1.54) is 6.92 Å². The zero-order chi connectivity index (χ0) is 10.3. The minimum absolute atomic E-state index is 0.0545. The molecule has 0 saturated heterocycles. The van der Waals surface area contributed by atoms with E-state index in [0.29, 0.717) is 0 Å². The first kappa shape index (κ1) is 9.54. The fraction of sp³-hybridized carbons (Fsp3) is 0.600. The van der Waals surface area contributed by atoms with Crippen molar-refractivity contribution in [2.75, 3.05) is 0 Å². The molecule has 4 atom stereocenters. The van der Waals surface area contributed by atoms with Gasteiger partial charge in [0.25, 0.3) is 0 Å². The van der Waals surface area contributed by atoms with Crippen LogP contribution in [-0.4, -0.2) is 16.9 Å². The number of carbonyl (C=O) groups is 1. The van der Waals surface area contributed by atoms with Crippen LogP contribution in [0.3, 0.4) is 0 Å². The highest BCUT2D eigenvalue weighted by Crippen LogP contribution is 2.55. The second kappa shape index (κ2) is 2.99. The Labute approximate surface area is 87.3 Å². The number of fused-ring (bicyclic) bond motifs is 1. The van der Waals surface area contributed by atoms with E-state index in [1.807, 2.05) is 12.2 Å². The van der Waals surface area contributed by atoms with Gasteiger partial charge in [0.2, 0.25) is 5.60 Å². The lowest BCUT2D eigenvalue weighted by atomic mass is 9.62. The molecule has 1 saturated carbocycles. The number of ether oxygens (including phenoxy) is 1. The molecular weight excluding hydrogens is 202 g/mol. The van der Waals surface area contributed by atoms with Crippen molar-refractivity contribution in [3.8, 4) is 6.07 Å². The number of nitrogens with zero attached hydrogens (tertiary/aromatic N) is 1. The molecule has 0 aromatic rings. The summed E-state index contributed by atoms with van der Waals surface area (Å²) in [6, 6.07) is 2.05. The maximum Gasteiger partial charge on any atom is 0.304 e. The normalized spacial score (nSPS) is 43.6. The van der Waals surface area contributed by atoms with E-state index < -0.39 is 16.9 Å². The molecule has 74 valence electrons. The van der Waals surface area contributed by atoms with E-state index in [9.17, 15) is 4.79 Å². The fourth-order valence-corrected chi connectivity index (χ4v) is 2.86. The van der Waals surface area contributed by atoms with Crippen LogP contribution in [0.5, 0.6) is 0 Å². The van der Waals surface area contributed by atoms with E-state index in [-0.39, 0.29) is 11.8 Å². The summed E-state index contributed by atoms with van der Waals surface area (Å²) in [6.07, 6.45) is 4.77. The van der Waals surface area contributed by atoms with Crippen LogP contribution in [0.4, 0.5) is 0 Å². The molecule has 0 unspecified atom stereocenters. The van der Waals surface area contributed by atoms with Gasteiger partial charge in [-0.05, 0) is 6.42 Å². The van der Waals surface area contributed by atoms with Gasteiger partial charge in [0, 0.05) is 18.8 Å². The number of hydrogen-bond acceptors (Lipinski definition) is 3. The largest absolute Gasteiger partial charge is 0.442 e. The van der Waals surface area contributed by atoms with Gasteiger partial charge >= 0.3 is 5.97 Å². The van der Waals surface area contributed by atoms with Crippen LogP contribution >= 0.6 is 11.6 Å². The van der Waals surface area contributed by atoms with Gasteiger partial charge in [0.15, 0.2) is 0 Å². The van der Waals surface area contributed by atoms with E-state index in [1.54, 1.807) is 0 Å². The maximum atomic E-state index is 10.9. The van der Waals surface area contributed by atoms with Gasteiger partial charge in [0.05, 0.1) is 5.38 Å². The highest BCUT2D eigenvalue weighted by Gasteiger charge is 2.65. The molecule has 0 amide bonds. The van der Waals surface area contributed by atoms with Gasteiger partial charge in [-0.25, -0.2) is 0 Å². The summed E-state index contributed by atoms with van der Waals surface area (Å²) in [6.45, 7) is 1.30. The summed E-state index contributed by atoms with van der Waals surface area (Å²) in [7, 11) is 0. The monoisotopic (exact) mass is 211 g/mol. The van der Waals surface area contributed by atoms with Gasteiger partial charge in [-0.2, -0.15) is 5.26 Å². The predicted octanol–water partition coefficient (Wildman–Crippen LogP) is 1.63. The quantitative estimate of drug-likeness (QED) is 0.376. The molecule has 2 aliphatic carbocycles. The van der Waals surface area contributed by atoms with E-state index in [2.05, 4.69) is 6.07 Å². The van der Waals surface area contributed by atoms with Crippen LogP contribution in [0.15, 0.2) is 12.2 Å². The molecule has 0 aliphatic heterocycles. The third kappa shape index (κ3) is 1.01. The van der Waals surface area contributed by atoms with Crippen molar-refractivity contribution in [2.24, 2.45) is 11.8 Å². The maximum absolute atomic E-state index is 10.9. The molecule has 2 aliphatic rings. The van der Waals surface area contributed by atoms with Crippen LogP contribution in [0.1, 0.15) is 13.3 Å². The number of carbonyl (C=O) groups excluding carboxylic acids is 1. The van der Waals surface area contributed by atoms with Crippen molar-refractivity contribution in [2.45, 2.75) is 24.3 Å². The highest BCUT2D eigenvalue weighted by molar-refractivity contribution is 6.23. The number of hydrogen-bond donors (Lipinski definition) is 0. The summed E-state index contributed by atoms with van der Waals surface area (Å²) in [5, 5.41) is 8.66. The minimum atomic E-state index is -1.10. The van der Waals surface area contributed by atoms with Crippen molar-refractivity contribution < 1.29 is 9.53 Å². The molecule has 4 heteroatoms. The van der Waals surface area contributed by atoms with Gasteiger partial charge in [0.1, 0.15) is 6.07 Å². The number of alkyl halides is 1. The van der Waals surface area contributed by atoms with Crippen LogP contribution in [0.2, 0.25) is 0 Å². The average Bonchev–Trinajstić information content (AvgIpc) is 2.59. The molecule has 0 aromatic heterocycles. The fourth-order valence-electron chi connectivity index (χ4n) is 2.35. The van der Waals surface area contributed by atoms with E-state index >= 15 is 0 Å². The van der Waals surface area contributed by atoms with Gasteiger partial charge < -0.3 is 4.74 Å². The first-order valence-corrected chi connectivity index (χ1v) is 4.97. The van der Waals surface area contributed by atoms with Crippen molar-refractivity contribution in [1.82, 2.24) is 0 Å². The van der Waals surface area contributed by atoms with Crippen molar-refractivity contribution in [3.05, 3.63) is 12.2 Å². The van der Waals surface area contributed by atoms with E-state index in [0.717, 1.165) is 6.42 Å². The molecule has 0 bridgehead atoms. The Morgan fingerprint density at radius 1 is 1.79 bits per heavy atom. The first-order chi connectivity index (χ1) is 6.62. The summed E-state index contributed by atoms with van der Waals surface area (Å²) in [5.74, 6) is -0.197. The number of esters is 1. The third-order valence-corrected chi connectivity index (χ3v) is 3.61. The topological polar surface area (TPSA) is 50.1 Å². The van der Waals surface area contributed by atoms with Gasteiger partial charge in [-0.3, -0.25) is 4.79 Å². The average molecular weight is 212 g/mol. The summed E-state index contributed by atoms with van der Waals surface area (Å²) < 4.78 is 5.08. The molecule has 1 fully saturated rings. The molecule has 0 heterocycles. The second-order valence-electron chi connectivity index (χ2n) is 3.75. The predicted molar refractivity (Wildman–Crippen MR) is 50.5 cm³/mol. The third-order valence-electron chi connectivity index (χ3n) is 3.00. The molecular formula is C10H10ClNO2. The highest BCUT2D eigenvalue weighted by atomic mass is 35.5. The Bertz CT molecular complexity index is 347. The molecule has 0 radical (unpaired) electrons. The number of allylic oxidation sites excluding steroid dienone is 2. The Morgan fingerprint density at radius 3 is 3.07 bits per heavy atom. The van der Waals surface area contributed by atoms with Crippen LogP contribution < -0.4 is 0 Å². The molecule has 0 aromatic carbocycles. The first-order valence-electron chi connectivity index (χ1n) is 4.53. The molecule has 3 nitrogen and oxygen atoms in total. The Kier molecular flexibility index (Phi) is 2.04. The van der Waals surface area contributed by atoms with Crippen LogP contribution in [0, 0.1) is 23.2 Å². The van der Waals surface area contributed by atoms with Gasteiger partial charge in [-0.1, -0.05) is 12.2 Å². The zero-order valence-electron chi connectivity index (χ0n) is 7.74. The SMILES string of the molecule is CC(=O)O[C@]1(C#N)[C@@H](Cl)[C@@H]2C=CC[C@@H]21. The second-order valence-corrected chi connectivity index (χ2v) is 4.22. The Hall–Kier alpha value is -1.01. The smallest absolute Gasteiger partial charge is 0.304 e. The zero-order valence-corrected chi connectivity index (χ0v) is 8.49. The Morgan fingerprint density at radius 2 is 2.50 bits per heavy atom. The van der Waals surface area contributed by atoms with Crippen LogP contribution in [0.25, 0.3) is 0 Å². The van der Waals surface area contributed by atoms with E-state index in [4.69, 9.17) is 21.6 Å². The number of nitriles is 1. The van der Waals surface area contributed by atoms with Crippen molar-refractivity contribution in [1.29, 1.82) is 5.26 Å². The lowest BCUT2D eigenvalue weighted by Gasteiger charge is -2.50. The number of halogens is 1.